The first-order valence-corrected chi connectivity index (χ1v) is 7.31. The second-order valence-corrected chi connectivity index (χ2v) is 6.95. The maximum Gasteiger partial charge on any atom is 0.0994 e. The average molecular weight is 248 g/mol. The van der Waals surface area contributed by atoms with Crippen molar-refractivity contribution in [3.8, 4) is 0 Å². The third kappa shape index (κ3) is 1.55. The lowest BCUT2D eigenvalue weighted by Crippen LogP contribution is -1.93. The van der Waals surface area contributed by atoms with Gasteiger partial charge in [-0.25, -0.2) is 4.21 Å². The van der Waals surface area contributed by atoms with Crippen LogP contribution in [0.2, 0.25) is 0 Å². The van der Waals surface area contributed by atoms with E-state index in [4.69, 9.17) is 0 Å². The number of rotatable bonds is 0. The van der Waals surface area contributed by atoms with Crippen LogP contribution < -0.4 is 0 Å². The molecule has 0 radical (unpaired) electrons. The van der Waals surface area contributed by atoms with Crippen LogP contribution in [0.1, 0.15) is 16.0 Å². The molecule has 3 rings (SSSR count). The molecule has 0 aliphatic carbocycles. The van der Waals surface area contributed by atoms with Crippen molar-refractivity contribution in [2.24, 2.45) is 0 Å². The van der Waals surface area contributed by atoms with Gasteiger partial charge in [0.15, 0.2) is 0 Å². The summed E-state index contributed by atoms with van der Waals surface area (Å²) < 4.78 is 13.5. The van der Waals surface area contributed by atoms with Crippen LogP contribution in [0, 0.1) is 6.92 Å². The number of aryl methyl sites for hydroxylation is 3. The highest BCUT2D eigenvalue weighted by Crippen LogP contribution is 2.34. The highest BCUT2D eigenvalue weighted by molar-refractivity contribution is 7.87. The van der Waals surface area contributed by atoms with Crippen molar-refractivity contribution in [3.05, 3.63) is 46.3 Å². The van der Waals surface area contributed by atoms with Crippen LogP contribution in [-0.4, -0.2) is 4.21 Å². The molecule has 0 bridgehead atoms. The Kier molecular flexibility index (Phi) is 2.45. The molecule has 2 heterocycles. The van der Waals surface area contributed by atoms with Gasteiger partial charge in [-0.05, 0) is 43.0 Å². The van der Waals surface area contributed by atoms with E-state index in [-0.39, 0.29) is 0 Å². The zero-order valence-corrected chi connectivity index (χ0v) is 10.7. The van der Waals surface area contributed by atoms with Gasteiger partial charge in [-0.15, -0.1) is 11.3 Å². The van der Waals surface area contributed by atoms with Gasteiger partial charge in [0.05, 0.1) is 15.0 Å². The lowest BCUT2D eigenvalue weighted by atomic mass is 10.1. The van der Waals surface area contributed by atoms with E-state index in [2.05, 4.69) is 19.1 Å². The lowest BCUT2D eigenvalue weighted by Gasteiger charge is -2.03. The van der Waals surface area contributed by atoms with Gasteiger partial charge in [0.25, 0.3) is 0 Å². The molecular formula is C13H12OS2. The molecule has 82 valence electrons. The second kappa shape index (κ2) is 3.82. The maximum absolute atomic E-state index is 12.5. The maximum atomic E-state index is 12.5. The van der Waals surface area contributed by atoms with Crippen molar-refractivity contribution in [1.29, 1.82) is 0 Å². The SMILES string of the molecule is Cc1cc2c(s1)S(=O)c1ccccc1CC2. The highest BCUT2D eigenvalue weighted by Gasteiger charge is 2.21. The van der Waals surface area contributed by atoms with Gasteiger partial charge in [-0.3, -0.25) is 0 Å². The summed E-state index contributed by atoms with van der Waals surface area (Å²) in [5.41, 5.74) is 2.51. The van der Waals surface area contributed by atoms with Gasteiger partial charge in [-0.1, -0.05) is 18.2 Å². The number of hydrogen-bond donors (Lipinski definition) is 0. The first-order chi connectivity index (χ1) is 7.75. The topological polar surface area (TPSA) is 17.1 Å². The third-order valence-corrected chi connectivity index (χ3v) is 5.89. The van der Waals surface area contributed by atoms with Crippen molar-refractivity contribution in [3.63, 3.8) is 0 Å². The van der Waals surface area contributed by atoms with Gasteiger partial charge >= 0.3 is 0 Å². The summed E-state index contributed by atoms with van der Waals surface area (Å²) in [6, 6.07) is 10.3. The second-order valence-electron chi connectivity index (χ2n) is 4.05. The largest absolute Gasteiger partial charge is 0.248 e. The first-order valence-electron chi connectivity index (χ1n) is 5.34. The zero-order chi connectivity index (χ0) is 11.1. The summed E-state index contributed by atoms with van der Waals surface area (Å²) in [4.78, 5) is 2.26. The minimum Gasteiger partial charge on any atom is -0.248 e. The van der Waals surface area contributed by atoms with Crippen molar-refractivity contribution in [2.75, 3.05) is 0 Å². The first kappa shape index (κ1) is 10.2. The molecule has 1 atom stereocenters. The molecule has 0 saturated carbocycles. The Hall–Kier alpha value is -0.930. The van der Waals surface area contributed by atoms with Gasteiger partial charge < -0.3 is 0 Å². The molecule has 2 aromatic rings. The number of fused-ring (bicyclic) bond motifs is 2. The van der Waals surface area contributed by atoms with Crippen molar-refractivity contribution in [1.82, 2.24) is 0 Å². The molecule has 3 heteroatoms. The third-order valence-electron chi connectivity index (χ3n) is 2.90. The summed E-state index contributed by atoms with van der Waals surface area (Å²) in [6.45, 7) is 2.09. The molecule has 0 N–H and O–H groups in total. The van der Waals surface area contributed by atoms with E-state index in [0.717, 1.165) is 21.9 Å². The molecule has 0 amide bonds. The van der Waals surface area contributed by atoms with E-state index in [9.17, 15) is 4.21 Å². The van der Waals surface area contributed by atoms with Gasteiger partial charge in [0.2, 0.25) is 0 Å². The van der Waals surface area contributed by atoms with E-state index in [1.165, 1.54) is 16.0 Å². The number of thiophene rings is 1. The molecule has 0 saturated heterocycles. The number of hydrogen-bond acceptors (Lipinski definition) is 2. The normalized spacial score (nSPS) is 18.7. The van der Waals surface area contributed by atoms with Crippen LogP contribution >= 0.6 is 11.3 Å². The van der Waals surface area contributed by atoms with Crippen LogP contribution in [-0.2, 0) is 23.6 Å². The number of benzene rings is 1. The van der Waals surface area contributed by atoms with Crippen molar-refractivity contribution in [2.45, 2.75) is 28.9 Å². The fourth-order valence-corrected chi connectivity index (χ4v) is 5.10. The fourth-order valence-electron chi connectivity index (χ4n) is 2.14. The van der Waals surface area contributed by atoms with E-state index >= 15 is 0 Å². The predicted molar refractivity (Wildman–Crippen MR) is 67.6 cm³/mol. The Bertz CT molecular complexity index is 569. The Labute approximate surface area is 102 Å². The molecule has 1 unspecified atom stereocenters. The fraction of sp³-hybridized carbons (Fsp3) is 0.231. The standard InChI is InChI=1S/C13H12OS2/c1-9-8-11-7-6-10-4-2-3-5-12(10)16(14)13(11)15-9/h2-5,8H,6-7H2,1H3. The quantitative estimate of drug-likeness (QED) is 0.699. The molecule has 1 aromatic carbocycles. The Balaban J connectivity index is 2.21. The van der Waals surface area contributed by atoms with Gasteiger partial charge in [0, 0.05) is 9.77 Å². The molecule has 16 heavy (non-hydrogen) atoms. The highest BCUT2D eigenvalue weighted by atomic mass is 32.2. The van der Waals surface area contributed by atoms with E-state index in [0.29, 0.717) is 0 Å². The van der Waals surface area contributed by atoms with Crippen molar-refractivity contribution >= 4 is 22.1 Å². The summed E-state index contributed by atoms with van der Waals surface area (Å²) >= 11 is 1.68. The molecular weight excluding hydrogens is 236 g/mol. The summed E-state index contributed by atoms with van der Waals surface area (Å²) in [5, 5.41) is 0. The van der Waals surface area contributed by atoms with Gasteiger partial charge in [0.1, 0.15) is 0 Å². The van der Waals surface area contributed by atoms with Crippen LogP contribution in [0.15, 0.2) is 39.4 Å². The van der Waals surface area contributed by atoms with Crippen LogP contribution in [0.5, 0.6) is 0 Å². The van der Waals surface area contributed by atoms with E-state index in [1.54, 1.807) is 11.3 Å². The van der Waals surface area contributed by atoms with Crippen LogP contribution in [0.25, 0.3) is 0 Å². The van der Waals surface area contributed by atoms with Crippen LogP contribution in [0.3, 0.4) is 0 Å². The lowest BCUT2D eigenvalue weighted by molar-refractivity contribution is 0.684. The van der Waals surface area contributed by atoms with Crippen LogP contribution in [0.4, 0.5) is 0 Å². The molecule has 0 fully saturated rings. The van der Waals surface area contributed by atoms with E-state index in [1.807, 2.05) is 18.2 Å². The minimum atomic E-state index is -0.968. The molecule has 0 spiro atoms. The summed E-state index contributed by atoms with van der Waals surface area (Å²) in [7, 11) is -0.968. The minimum absolute atomic E-state index is 0.968. The summed E-state index contributed by atoms with van der Waals surface area (Å²) in [5.74, 6) is 0. The molecule has 1 nitrogen and oxygen atoms in total. The molecule has 1 aromatic heterocycles. The van der Waals surface area contributed by atoms with Crippen molar-refractivity contribution < 1.29 is 4.21 Å². The Morgan fingerprint density at radius 3 is 2.81 bits per heavy atom. The average Bonchev–Trinajstić information content (AvgIpc) is 2.62. The summed E-state index contributed by atoms with van der Waals surface area (Å²) in [6.07, 6.45) is 2.02. The molecule has 1 aliphatic rings. The van der Waals surface area contributed by atoms with Gasteiger partial charge in [-0.2, -0.15) is 0 Å². The van der Waals surface area contributed by atoms with E-state index < -0.39 is 10.8 Å². The zero-order valence-electron chi connectivity index (χ0n) is 9.03. The Morgan fingerprint density at radius 1 is 1.19 bits per heavy atom. The monoisotopic (exact) mass is 248 g/mol. The predicted octanol–water partition coefficient (Wildman–Crippen LogP) is 3.32. The molecule has 1 aliphatic heterocycles. The smallest absolute Gasteiger partial charge is 0.0994 e. The Morgan fingerprint density at radius 2 is 1.94 bits per heavy atom.